The van der Waals surface area contributed by atoms with Crippen molar-refractivity contribution in [3.8, 4) is 5.75 Å². The minimum Gasteiger partial charge on any atom is -0.507 e. The first-order chi connectivity index (χ1) is 10.1. The van der Waals surface area contributed by atoms with E-state index < -0.39 is 5.72 Å². The Labute approximate surface area is 120 Å². The van der Waals surface area contributed by atoms with E-state index in [-0.39, 0.29) is 5.75 Å². The van der Waals surface area contributed by atoms with Gasteiger partial charge < -0.3 is 15.2 Å². The summed E-state index contributed by atoms with van der Waals surface area (Å²) in [5.41, 5.74) is 0.450. The highest BCUT2D eigenvalue weighted by Gasteiger charge is 2.27. The lowest BCUT2D eigenvalue weighted by molar-refractivity contribution is 0.116. The number of aromatic nitrogens is 1. The zero-order valence-electron chi connectivity index (χ0n) is 11.2. The standard InChI is InChI=1S/C17H14N2O2/c20-16-7-3-6-15-13(16)8-12(18-15)10-17(21)9-11-4-1-2-5-14(11)19-17/h1-9,18,20-21H,10H2. The Bertz CT molecular complexity index is 921. The van der Waals surface area contributed by atoms with Crippen LogP contribution in [-0.4, -0.2) is 20.9 Å². The number of aliphatic hydroxyl groups is 1. The average molecular weight is 278 g/mol. The molecule has 1 unspecified atom stereocenters. The van der Waals surface area contributed by atoms with Gasteiger partial charge in [0.2, 0.25) is 0 Å². The van der Waals surface area contributed by atoms with Gasteiger partial charge in [-0.25, -0.2) is 4.99 Å². The Morgan fingerprint density at radius 3 is 2.76 bits per heavy atom. The number of hydrogen-bond acceptors (Lipinski definition) is 3. The summed E-state index contributed by atoms with van der Waals surface area (Å²) in [7, 11) is 0. The van der Waals surface area contributed by atoms with Crippen LogP contribution in [0.25, 0.3) is 17.0 Å². The molecule has 0 fully saturated rings. The summed E-state index contributed by atoms with van der Waals surface area (Å²) in [6, 6.07) is 14.8. The SMILES string of the molecule is Oc1cccc2[nH]c(CC3(O)C=c4ccccc4=N3)cc12. The number of para-hydroxylation sites is 1. The van der Waals surface area contributed by atoms with Crippen LogP contribution in [-0.2, 0) is 6.42 Å². The molecular weight excluding hydrogens is 264 g/mol. The van der Waals surface area contributed by atoms with Gasteiger partial charge in [-0.15, -0.1) is 0 Å². The Morgan fingerprint density at radius 1 is 1.10 bits per heavy atom. The van der Waals surface area contributed by atoms with E-state index in [4.69, 9.17) is 0 Å². The number of aromatic hydroxyl groups is 1. The average Bonchev–Trinajstić information content (AvgIpc) is 2.99. The van der Waals surface area contributed by atoms with Crippen molar-refractivity contribution < 1.29 is 10.2 Å². The van der Waals surface area contributed by atoms with Gasteiger partial charge in [0, 0.05) is 28.2 Å². The van der Waals surface area contributed by atoms with Crippen molar-refractivity contribution in [1.29, 1.82) is 0 Å². The summed E-state index contributed by atoms with van der Waals surface area (Å²) in [4.78, 5) is 7.60. The van der Waals surface area contributed by atoms with Gasteiger partial charge in [0.1, 0.15) is 5.75 Å². The molecule has 0 bridgehead atoms. The Morgan fingerprint density at radius 2 is 1.95 bits per heavy atom. The predicted molar refractivity (Wildman–Crippen MR) is 80.3 cm³/mol. The summed E-state index contributed by atoms with van der Waals surface area (Å²) in [6.45, 7) is 0. The molecule has 3 aromatic rings. The smallest absolute Gasteiger partial charge is 0.182 e. The summed E-state index contributed by atoms with van der Waals surface area (Å²) in [6.07, 6.45) is 2.11. The molecule has 4 heteroatoms. The fourth-order valence-electron chi connectivity index (χ4n) is 2.86. The van der Waals surface area contributed by atoms with Crippen LogP contribution in [0.1, 0.15) is 5.69 Å². The van der Waals surface area contributed by atoms with Crippen LogP contribution < -0.4 is 10.6 Å². The highest BCUT2D eigenvalue weighted by molar-refractivity contribution is 5.86. The van der Waals surface area contributed by atoms with E-state index in [1.165, 1.54) is 0 Å². The van der Waals surface area contributed by atoms with Crippen LogP contribution in [0, 0.1) is 0 Å². The molecule has 1 aromatic heterocycles. The van der Waals surface area contributed by atoms with Gasteiger partial charge in [-0.3, -0.25) is 0 Å². The molecule has 4 nitrogen and oxygen atoms in total. The van der Waals surface area contributed by atoms with Crippen LogP contribution in [0.15, 0.2) is 53.5 Å². The maximum atomic E-state index is 10.7. The summed E-state index contributed by atoms with van der Waals surface area (Å²) in [5, 5.41) is 23.0. The second-order valence-corrected chi connectivity index (χ2v) is 5.40. The molecule has 21 heavy (non-hydrogen) atoms. The highest BCUT2D eigenvalue weighted by Crippen LogP contribution is 2.27. The molecule has 4 rings (SSSR count). The van der Waals surface area contributed by atoms with Crippen LogP contribution >= 0.6 is 0 Å². The molecule has 0 spiro atoms. The molecule has 1 aliphatic heterocycles. The quantitative estimate of drug-likeness (QED) is 0.659. The minimum atomic E-state index is -1.24. The molecule has 0 saturated heterocycles. The topological polar surface area (TPSA) is 68.6 Å². The van der Waals surface area contributed by atoms with Gasteiger partial charge in [-0.2, -0.15) is 0 Å². The minimum absolute atomic E-state index is 0.234. The number of fused-ring (bicyclic) bond motifs is 2. The predicted octanol–water partition coefficient (Wildman–Crippen LogP) is 1.22. The molecule has 0 amide bonds. The van der Waals surface area contributed by atoms with E-state index in [1.807, 2.05) is 36.4 Å². The second-order valence-electron chi connectivity index (χ2n) is 5.40. The third-order valence-corrected chi connectivity index (χ3v) is 3.79. The molecule has 2 aromatic carbocycles. The van der Waals surface area contributed by atoms with Crippen LogP contribution in [0.4, 0.5) is 0 Å². The van der Waals surface area contributed by atoms with Gasteiger partial charge in [0.15, 0.2) is 5.72 Å². The van der Waals surface area contributed by atoms with Gasteiger partial charge in [-0.1, -0.05) is 24.3 Å². The van der Waals surface area contributed by atoms with E-state index in [1.54, 1.807) is 18.2 Å². The molecule has 104 valence electrons. The first kappa shape index (κ1) is 12.2. The number of benzene rings is 2. The van der Waals surface area contributed by atoms with Crippen molar-refractivity contribution in [3.63, 3.8) is 0 Å². The lowest BCUT2D eigenvalue weighted by Gasteiger charge is -2.15. The summed E-state index contributed by atoms with van der Waals surface area (Å²) in [5.74, 6) is 0.234. The van der Waals surface area contributed by atoms with Gasteiger partial charge >= 0.3 is 0 Å². The number of phenols is 1. The van der Waals surface area contributed by atoms with Crippen molar-refractivity contribution in [2.45, 2.75) is 12.1 Å². The Balaban J connectivity index is 1.75. The van der Waals surface area contributed by atoms with E-state index in [0.717, 1.165) is 27.2 Å². The van der Waals surface area contributed by atoms with Crippen molar-refractivity contribution >= 4 is 17.0 Å². The van der Waals surface area contributed by atoms with Crippen molar-refractivity contribution in [2.75, 3.05) is 0 Å². The third-order valence-electron chi connectivity index (χ3n) is 3.79. The molecule has 1 atom stereocenters. The van der Waals surface area contributed by atoms with E-state index in [2.05, 4.69) is 9.98 Å². The molecule has 0 saturated carbocycles. The number of nitrogens with zero attached hydrogens (tertiary/aromatic N) is 1. The third kappa shape index (κ3) is 2.00. The van der Waals surface area contributed by atoms with Crippen LogP contribution in [0.5, 0.6) is 5.75 Å². The number of phenolic OH excluding ortho intramolecular Hbond substituents is 1. The highest BCUT2D eigenvalue weighted by atomic mass is 16.3. The van der Waals surface area contributed by atoms with E-state index >= 15 is 0 Å². The molecule has 2 heterocycles. The molecule has 1 aliphatic rings. The molecule has 0 radical (unpaired) electrons. The summed E-state index contributed by atoms with van der Waals surface area (Å²) >= 11 is 0. The normalized spacial score (nSPS) is 20.0. The summed E-state index contributed by atoms with van der Waals surface area (Å²) < 4.78 is 0. The zero-order valence-corrected chi connectivity index (χ0v) is 11.2. The molecule has 0 aliphatic carbocycles. The maximum Gasteiger partial charge on any atom is 0.182 e. The lowest BCUT2D eigenvalue weighted by Crippen LogP contribution is -2.24. The number of rotatable bonds is 2. The second kappa shape index (κ2) is 4.20. The van der Waals surface area contributed by atoms with Gasteiger partial charge in [-0.05, 0) is 30.3 Å². The first-order valence-electron chi connectivity index (χ1n) is 6.83. The lowest BCUT2D eigenvalue weighted by atomic mass is 10.1. The van der Waals surface area contributed by atoms with Gasteiger partial charge in [0.05, 0.1) is 5.36 Å². The molecule has 3 N–H and O–H groups in total. The fourth-order valence-corrected chi connectivity index (χ4v) is 2.86. The van der Waals surface area contributed by atoms with E-state index in [0.29, 0.717) is 6.42 Å². The Hall–Kier alpha value is -2.59. The number of H-pyrrole nitrogens is 1. The Kier molecular flexibility index (Phi) is 2.43. The first-order valence-corrected chi connectivity index (χ1v) is 6.83. The van der Waals surface area contributed by atoms with Crippen molar-refractivity contribution in [1.82, 2.24) is 4.98 Å². The number of nitrogens with one attached hydrogen (secondary N) is 1. The van der Waals surface area contributed by atoms with E-state index in [9.17, 15) is 10.2 Å². The number of aromatic amines is 1. The monoisotopic (exact) mass is 278 g/mol. The molecular formula is C17H14N2O2. The van der Waals surface area contributed by atoms with Crippen LogP contribution in [0.3, 0.4) is 0 Å². The zero-order chi connectivity index (χ0) is 14.4. The maximum absolute atomic E-state index is 10.7. The fraction of sp³-hybridized carbons (Fsp3) is 0.118. The largest absolute Gasteiger partial charge is 0.507 e. The van der Waals surface area contributed by atoms with Gasteiger partial charge in [0.25, 0.3) is 0 Å². The van der Waals surface area contributed by atoms with Crippen molar-refractivity contribution in [2.24, 2.45) is 4.99 Å². The van der Waals surface area contributed by atoms with Crippen LogP contribution in [0.2, 0.25) is 0 Å². The number of hydrogen-bond donors (Lipinski definition) is 3. The van der Waals surface area contributed by atoms with Crippen molar-refractivity contribution in [3.05, 3.63) is 64.8 Å².